The van der Waals surface area contributed by atoms with Crippen LogP contribution in [0.2, 0.25) is 0 Å². The van der Waals surface area contributed by atoms with E-state index in [-0.39, 0.29) is 11.5 Å². The number of aryl methyl sites for hydroxylation is 1. The molecule has 2 aromatic rings. The fourth-order valence-corrected chi connectivity index (χ4v) is 5.29. The Morgan fingerprint density at radius 3 is 2.73 bits per heavy atom. The van der Waals surface area contributed by atoms with E-state index in [0.29, 0.717) is 0 Å². The van der Waals surface area contributed by atoms with Gasteiger partial charge in [-0.15, -0.1) is 0 Å². The normalized spacial score (nSPS) is 20.8. The third-order valence-corrected chi connectivity index (χ3v) is 6.40. The Morgan fingerprint density at radius 1 is 1.31 bits per heavy atom. The topological polar surface area (TPSA) is 65.5 Å². The van der Waals surface area contributed by atoms with Crippen LogP contribution in [0.4, 0.5) is 10.6 Å². The van der Waals surface area contributed by atoms with Gasteiger partial charge < -0.3 is 15.3 Å². The molecule has 2 heterocycles. The van der Waals surface area contributed by atoms with E-state index in [9.17, 15) is 9.90 Å². The van der Waals surface area contributed by atoms with Crippen molar-refractivity contribution >= 4 is 34.5 Å². The molecule has 1 spiro atoms. The molecule has 5 nitrogen and oxygen atoms in total. The molecule has 0 bridgehead atoms. The summed E-state index contributed by atoms with van der Waals surface area (Å²) in [6.07, 6.45) is 1.92. The summed E-state index contributed by atoms with van der Waals surface area (Å²) in [5.74, 6) is 1.03. The van der Waals surface area contributed by atoms with Gasteiger partial charge in [-0.1, -0.05) is 24.3 Å². The van der Waals surface area contributed by atoms with Crippen molar-refractivity contribution in [1.29, 1.82) is 0 Å². The Balaban J connectivity index is 1.58. The molecule has 0 radical (unpaired) electrons. The van der Waals surface area contributed by atoms with Crippen LogP contribution in [-0.4, -0.2) is 29.3 Å². The lowest BCUT2D eigenvalue weighted by Gasteiger charge is -2.43. The first-order valence-corrected chi connectivity index (χ1v) is 10.0. The molecular weight excluding hydrogens is 441 g/mol. The molecule has 1 fully saturated rings. The molecule has 1 saturated heterocycles. The van der Waals surface area contributed by atoms with Crippen molar-refractivity contribution in [2.24, 2.45) is 5.41 Å². The van der Waals surface area contributed by atoms with Crippen LogP contribution in [0.15, 0.2) is 36.4 Å². The van der Waals surface area contributed by atoms with E-state index in [2.05, 4.69) is 57.1 Å². The summed E-state index contributed by atoms with van der Waals surface area (Å²) in [5, 5.41) is 12.2. The first-order valence-electron chi connectivity index (χ1n) is 8.93. The molecule has 2 N–H and O–H groups in total. The molecule has 0 saturated carbocycles. The van der Waals surface area contributed by atoms with Crippen LogP contribution < -0.4 is 10.2 Å². The monoisotopic (exact) mass is 463 g/mol. The number of nitrogens with one attached hydrogen (secondary N) is 1. The van der Waals surface area contributed by atoms with Crippen molar-refractivity contribution in [3.05, 3.63) is 56.8 Å². The molecule has 1 aliphatic carbocycles. The second-order valence-electron chi connectivity index (χ2n) is 7.39. The van der Waals surface area contributed by atoms with Crippen molar-refractivity contribution in [2.75, 3.05) is 18.0 Å². The van der Waals surface area contributed by atoms with E-state index in [4.69, 9.17) is 4.98 Å². The summed E-state index contributed by atoms with van der Waals surface area (Å²) in [6, 6.07) is 12.3. The van der Waals surface area contributed by atoms with Gasteiger partial charge in [-0.3, -0.25) is 0 Å². The number of rotatable bonds is 2. The van der Waals surface area contributed by atoms with Crippen LogP contribution in [0.25, 0.3) is 0 Å². The number of pyridine rings is 1. The van der Waals surface area contributed by atoms with E-state index in [1.807, 2.05) is 19.1 Å². The summed E-state index contributed by atoms with van der Waals surface area (Å²) >= 11 is 2.33. The minimum Gasteiger partial charge on any atom is -0.465 e. The molecule has 4 rings (SSSR count). The van der Waals surface area contributed by atoms with E-state index in [1.54, 1.807) is 0 Å². The number of anilines is 1. The number of halogens is 1. The molecule has 2 aliphatic rings. The smallest absolute Gasteiger partial charge is 0.405 e. The average Bonchev–Trinajstić information content (AvgIpc) is 2.87. The van der Waals surface area contributed by atoms with Crippen molar-refractivity contribution in [3.8, 4) is 0 Å². The zero-order valence-corrected chi connectivity index (χ0v) is 16.9. The maximum atomic E-state index is 11.4. The Labute approximate surface area is 167 Å². The van der Waals surface area contributed by atoms with E-state index in [1.165, 1.54) is 9.13 Å². The van der Waals surface area contributed by atoms with Crippen LogP contribution in [0.1, 0.15) is 35.7 Å². The predicted octanol–water partition coefficient (Wildman–Crippen LogP) is 4.15. The maximum absolute atomic E-state index is 11.4. The number of carbonyl (C=O) groups is 1. The lowest BCUT2D eigenvalue weighted by atomic mass is 9.72. The zero-order chi connectivity index (χ0) is 18.3. The van der Waals surface area contributed by atoms with Crippen LogP contribution in [0.3, 0.4) is 0 Å². The molecule has 1 aromatic heterocycles. The van der Waals surface area contributed by atoms with Gasteiger partial charge in [-0.2, -0.15) is 0 Å². The number of carboxylic acid groups (broad SMARTS) is 1. The summed E-state index contributed by atoms with van der Waals surface area (Å²) in [5.41, 5.74) is 3.43. The quantitative estimate of drug-likeness (QED) is 0.658. The van der Waals surface area contributed by atoms with Crippen LogP contribution in [0.5, 0.6) is 0 Å². The molecule has 26 heavy (non-hydrogen) atoms. The van der Waals surface area contributed by atoms with Crippen LogP contribution in [0, 0.1) is 15.9 Å². The predicted molar refractivity (Wildman–Crippen MR) is 110 cm³/mol. The molecule has 1 aliphatic heterocycles. The number of hydrogen-bond donors (Lipinski definition) is 2. The Bertz CT molecular complexity index is 826. The highest BCUT2D eigenvalue weighted by atomic mass is 127. The van der Waals surface area contributed by atoms with Gasteiger partial charge in [0.2, 0.25) is 0 Å². The number of benzene rings is 1. The fraction of sp³-hybridized carbons (Fsp3) is 0.400. The summed E-state index contributed by atoms with van der Waals surface area (Å²) < 4.78 is 1.20. The number of hydrogen-bond acceptors (Lipinski definition) is 3. The van der Waals surface area contributed by atoms with E-state index in [0.717, 1.165) is 49.4 Å². The Hall–Kier alpha value is -1.83. The number of nitrogens with zero attached hydrogens (tertiary/aromatic N) is 2. The minimum absolute atomic E-state index is 0.0322. The number of amides is 1. The van der Waals surface area contributed by atoms with Gasteiger partial charge in [0, 0.05) is 27.8 Å². The van der Waals surface area contributed by atoms with Gasteiger partial charge >= 0.3 is 6.09 Å². The van der Waals surface area contributed by atoms with Gasteiger partial charge in [0.15, 0.2) is 0 Å². The SMILES string of the molecule is Cc1cc(I)cc(N2CCC3(CC2)Cc2ccccc2[C@H]3NC(=O)O)n1. The van der Waals surface area contributed by atoms with Crippen LogP contribution in [-0.2, 0) is 6.42 Å². The van der Waals surface area contributed by atoms with E-state index < -0.39 is 6.09 Å². The first-order chi connectivity index (χ1) is 12.5. The van der Waals surface area contributed by atoms with Gasteiger partial charge in [0.1, 0.15) is 5.82 Å². The zero-order valence-electron chi connectivity index (χ0n) is 14.7. The molecule has 136 valence electrons. The highest BCUT2D eigenvalue weighted by Gasteiger charge is 2.48. The van der Waals surface area contributed by atoms with Crippen LogP contribution >= 0.6 is 22.6 Å². The van der Waals surface area contributed by atoms with Gasteiger partial charge in [0.05, 0.1) is 6.04 Å². The Morgan fingerprint density at radius 2 is 2.04 bits per heavy atom. The maximum Gasteiger partial charge on any atom is 0.405 e. The summed E-state index contributed by atoms with van der Waals surface area (Å²) in [6.45, 7) is 3.83. The van der Waals surface area contributed by atoms with Crippen molar-refractivity contribution < 1.29 is 9.90 Å². The average molecular weight is 463 g/mol. The summed E-state index contributed by atoms with van der Waals surface area (Å²) in [4.78, 5) is 18.4. The number of piperidine rings is 1. The van der Waals surface area contributed by atoms with Gasteiger partial charge in [-0.05, 0) is 72.0 Å². The third-order valence-electron chi connectivity index (χ3n) is 5.78. The molecule has 0 unspecified atom stereocenters. The second-order valence-corrected chi connectivity index (χ2v) is 8.64. The fourth-order valence-electron chi connectivity index (χ4n) is 4.56. The minimum atomic E-state index is -0.941. The molecule has 6 heteroatoms. The van der Waals surface area contributed by atoms with Crippen molar-refractivity contribution in [2.45, 2.75) is 32.2 Å². The van der Waals surface area contributed by atoms with Gasteiger partial charge in [-0.25, -0.2) is 9.78 Å². The summed E-state index contributed by atoms with van der Waals surface area (Å²) in [7, 11) is 0. The number of fused-ring (bicyclic) bond motifs is 1. The lowest BCUT2D eigenvalue weighted by Crippen LogP contribution is -2.47. The third kappa shape index (κ3) is 3.15. The highest BCUT2D eigenvalue weighted by molar-refractivity contribution is 14.1. The lowest BCUT2D eigenvalue weighted by molar-refractivity contribution is 0.141. The Kier molecular flexibility index (Phi) is 4.54. The second kappa shape index (κ2) is 6.72. The van der Waals surface area contributed by atoms with Crippen molar-refractivity contribution in [3.63, 3.8) is 0 Å². The number of aromatic nitrogens is 1. The molecule has 1 atom stereocenters. The molecule has 1 aromatic carbocycles. The molecule has 1 amide bonds. The first kappa shape index (κ1) is 17.6. The largest absolute Gasteiger partial charge is 0.465 e. The van der Waals surface area contributed by atoms with E-state index >= 15 is 0 Å². The highest BCUT2D eigenvalue weighted by Crippen LogP contribution is 2.52. The van der Waals surface area contributed by atoms with Gasteiger partial charge in [0.25, 0.3) is 0 Å². The molecular formula is C20H22IN3O2. The standard InChI is InChI=1S/C20H22IN3O2/c1-13-10-15(21)11-17(22-13)24-8-6-20(7-9-24)12-14-4-2-3-5-16(14)18(20)23-19(25)26/h2-5,10-11,18,23H,6-9,12H2,1H3,(H,25,26)/t18-/m1/s1. The van der Waals surface area contributed by atoms with Crippen molar-refractivity contribution in [1.82, 2.24) is 10.3 Å².